The molecule has 2 atom stereocenters. The molecule has 2 N–H and O–H groups in total. The number of carboxylic acid groups (broad SMARTS) is 1. The van der Waals surface area contributed by atoms with Crippen LogP contribution >= 0.6 is 0 Å². The summed E-state index contributed by atoms with van der Waals surface area (Å²) in [6.45, 7) is 3.12. The maximum Gasteiger partial charge on any atom is 0.303 e. The number of carboxylic acids is 1. The number of hydrogen-bond donors (Lipinski definition) is 2. The van der Waals surface area contributed by atoms with Gasteiger partial charge < -0.3 is 24.0 Å². The summed E-state index contributed by atoms with van der Waals surface area (Å²) in [5.74, 6) is 0.918. The lowest BCUT2D eigenvalue weighted by Crippen LogP contribution is -3.10. The normalized spacial score (nSPS) is 17.7. The number of nitrogens with zero attached hydrogens (tertiary/aromatic N) is 1. The first kappa shape index (κ1) is 34.9. The summed E-state index contributed by atoms with van der Waals surface area (Å²) in [7, 11) is -4.35. The molecule has 4 aromatic carbocycles. The second-order valence-corrected chi connectivity index (χ2v) is 14.1. The Hall–Kier alpha value is -4.90. The first-order chi connectivity index (χ1) is 24.2. The van der Waals surface area contributed by atoms with Crippen LogP contribution in [0.2, 0.25) is 0 Å². The van der Waals surface area contributed by atoms with Gasteiger partial charge in [0.05, 0.1) is 22.4 Å². The molecule has 0 fully saturated rings. The molecule has 0 bridgehead atoms. The number of quaternary nitrogens is 1. The Balaban J connectivity index is 1.30. The third kappa shape index (κ3) is 8.63. The number of nitrogens with one attached hydrogen (secondary N) is 1. The fraction of sp³-hybridized carbons (Fsp3) is 0.275. The monoisotopic (exact) mass is 694 g/mol. The van der Waals surface area contributed by atoms with E-state index in [1.807, 2.05) is 72.8 Å². The molecule has 0 saturated carbocycles. The summed E-state index contributed by atoms with van der Waals surface area (Å²) in [6.07, 6.45) is 6.84. The average Bonchev–Trinajstić information content (AvgIpc) is 3.63. The van der Waals surface area contributed by atoms with Gasteiger partial charge >= 0.3 is 5.97 Å². The van der Waals surface area contributed by atoms with Crippen molar-refractivity contribution in [3.63, 3.8) is 0 Å². The summed E-state index contributed by atoms with van der Waals surface area (Å²) < 4.78 is 47.4. The van der Waals surface area contributed by atoms with Gasteiger partial charge in [0, 0.05) is 43.4 Å². The van der Waals surface area contributed by atoms with Crippen LogP contribution < -0.4 is 19.3 Å². The quantitative estimate of drug-likeness (QED) is 0.102. The molecular weight excluding hydrogens is 653 g/mol. The zero-order chi connectivity index (χ0) is 35.1. The molecule has 9 nitrogen and oxygen atoms in total. The molecule has 2 aliphatic heterocycles. The molecule has 0 saturated heterocycles. The number of carbonyl (C=O) groups is 1. The lowest BCUT2D eigenvalue weighted by Gasteiger charge is -2.20. The minimum absolute atomic E-state index is 0.146. The van der Waals surface area contributed by atoms with Gasteiger partial charge in [0.1, 0.15) is 0 Å². The van der Waals surface area contributed by atoms with Crippen molar-refractivity contribution in [3.8, 4) is 33.8 Å². The number of allylic oxidation sites excluding steroid dienone is 2. The van der Waals surface area contributed by atoms with E-state index in [1.54, 1.807) is 0 Å². The van der Waals surface area contributed by atoms with Crippen molar-refractivity contribution in [2.75, 3.05) is 23.7 Å². The summed E-state index contributed by atoms with van der Waals surface area (Å²) in [5, 5.41) is 9.11. The zero-order valence-corrected chi connectivity index (χ0v) is 28.9. The predicted octanol–water partition coefficient (Wildman–Crippen LogP) is 6.91. The highest BCUT2D eigenvalue weighted by molar-refractivity contribution is 7.85. The molecule has 50 heavy (non-hydrogen) atoms. The Morgan fingerprint density at radius 3 is 2.16 bits per heavy atom. The van der Waals surface area contributed by atoms with Crippen molar-refractivity contribution >= 4 is 27.5 Å². The Kier molecular flexibility index (Phi) is 11.0. The maximum absolute atomic E-state index is 11.5. The number of unbranched alkanes of at least 4 members (excludes halogenated alkanes) is 2. The van der Waals surface area contributed by atoms with Crippen LogP contribution in [0, 0.1) is 0 Å². The van der Waals surface area contributed by atoms with Crippen molar-refractivity contribution < 1.29 is 37.2 Å². The summed E-state index contributed by atoms with van der Waals surface area (Å²) >= 11 is 0. The van der Waals surface area contributed by atoms with Crippen LogP contribution in [0.5, 0.6) is 11.5 Å². The fourth-order valence-corrected chi connectivity index (χ4v) is 7.00. The number of anilines is 1. The number of rotatable bonds is 15. The Morgan fingerprint density at radius 1 is 0.860 bits per heavy atom. The van der Waals surface area contributed by atoms with Crippen LogP contribution in [0.25, 0.3) is 22.3 Å². The highest BCUT2D eigenvalue weighted by Crippen LogP contribution is 2.42. The summed E-state index contributed by atoms with van der Waals surface area (Å²) in [5.41, 5.74) is 7.10. The van der Waals surface area contributed by atoms with Gasteiger partial charge in [0.2, 0.25) is 5.88 Å². The molecule has 0 spiro atoms. The van der Waals surface area contributed by atoms with Crippen molar-refractivity contribution in [1.29, 1.82) is 0 Å². The molecule has 10 heteroatoms. The van der Waals surface area contributed by atoms with Crippen LogP contribution in [0.4, 0.5) is 11.4 Å². The van der Waals surface area contributed by atoms with E-state index in [9.17, 15) is 17.8 Å². The van der Waals surface area contributed by atoms with E-state index in [4.69, 9.17) is 14.6 Å². The Morgan fingerprint density at radius 2 is 1.52 bits per heavy atom. The van der Waals surface area contributed by atoms with E-state index in [0.29, 0.717) is 31.8 Å². The molecule has 6 rings (SSSR count). The number of fused-ring (bicyclic) bond motifs is 2. The summed E-state index contributed by atoms with van der Waals surface area (Å²) in [6, 6.07) is 32.4. The van der Waals surface area contributed by atoms with E-state index in [2.05, 4.69) is 48.2 Å². The number of benzene rings is 4. The van der Waals surface area contributed by atoms with E-state index in [0.717, 1.165) is 68.4 Å². The Labute approximate surface area is 293 Å². The van der Waals surface area contributed by atoms with E-state index in [-0.39, 0.29) is 12.8 Å². The van der Waals surface area contributed by atoms with Crippen LogP contribution in [0.15, 0.2) is 121 Å². The Bertz CT molecular complexity index is 1980. The zero-order valence-electron chi connectivity index (χ0n) is 28.1. The topological polar surface area (TPSA) is 121 Å². The van der Waals surface area contributed by atoms with Crippen molar-refractivity contribution in [3.05, 3.63) is 121 Å². The van der Waals surface area contributed by atoms with E-state index < -0.39 is 28.1 Å². The minimum atomic E-state index is -4.35. The van der Waals surface area contributed by atoms with Gasteiger partial charge in [-0.1, -0.05) is 86.1 Å². The van der Waals surface area contributed by atoms with Crippen LogP contribution in [-0.2, 0) is 14.9 Å². The second kappa shape index (κ2) is 15.8. The second-order valence-electron chi connectivity index (χ2n) is 12.6. The molecule has 4 aromatic rings. The number of hydrogen-bond acceptors (Lipinski definition) is 7. The lowest BCUT2D eigenvalue weighted by atomic mass is 10.0. The van der Waals surface area contributed by atoms with Crippen LogP contribution in [0.1, 0.15) is 45.4 Å². The molecule has 260 valence electrons. The van der Waals surface area contributed by atoms with Gasteiger partial charge in [-0.25, -0.2) is 8.42 Å². The molecule has 0 radical (unpaired) electrons. The molecule has 0 aromatic heterocycles. The molecule has 2 unspecified atom stereocenters. The standard InChI is InChI=1S/C40H42N2O7S/c1-2-29(26-39-42(23-12-24-50(45,46)47)35-28-33(19-21-37(35)49-39)31-15-8-4-9-16-31)25-38-41(22-11-5-10-17-40(43)44)34-27-32(18-20-36(34)48-38)30-13-6-3-7-14-30/h3-4,6-9,13-16,18-21,25-28,39H,2,5,10-12,17,22-24H2,1H3,(H,43,44)(H,45,46,47)/b29-26+,38-25-. The van der Waals surface area contributed by atoms with Crippen molar-refractivity contribution in [2.45, 2.75) is 51.7 Å². The van der Waals surface area contributed by atoms with Gasteiger partial charge in [-0.05, 0) is 65.3 Å². The van der Waals surface area contributed by atoms with Crippen molar-refractivity contribution in [2.24, 2.45) is 0 Å². The third-order valence-electron chi connectivity index (χ3n) is 9.06. The van der Waals surface area contributed by atoms with Gasteiger partial charge in [-0.3, -0.25) is 9.69 Å². The van der Waals surface area contributed by atoms with Gasteiger partial charge in [-0.15, -0.1) is 0 Å². The largest absolute Gasteiger partial charge is 0.748 e. The molecule has 2 heterocycles. The highest BCUT2D eigenvalue weighted by atomic mass is 32.2. The third-order valence-corrected chi connectivity index (χ3v) is 9.85. The summed E-state index contributed by atoms with van der Waals surface area (Å²) in [4.78, 5) is 14.2. The van der Waals surface area contributed by atoms with Crippen LogP contribution in [-0.4, -0.2) is 49.1 Å². The maximum atomic E-state index is 11.5. The molecule has 0 amide bonds. The fourth-order valence-electron chi connectivity index (χ4n) is 6.50. The first-order valence-corrected chi connectivity index (χ1v) is 18.7. The smallest absolute Gasteiger partial charge is 0.303 e. The molecular formula is C40H42N2O7S. The van der Waals surface area contributed by atoms with Gasteiger partial charge in [0.15, 0.2) is 17.2 Å². The minimum Gasteiger partial charge on any atom is -0.748 e. The van der Waals surface area contributed by atoms with Gasteiger partial charge in [-0.2, -0.15) is 0 Å². The lowest BCUT2D eigenvalue weighted by molar-refractivity contribution is -0.862. The number of aliphatic carboxylic acids is 1. The van der Waals surface area contributed by atoms with Crippen molar-refractivity contribution in [1.82, 2.24) is 0 Å². The highest BCUT2D eigenvalue weighted by Gasteiger charge is 2.36. The first-order valence-electron chi connectivity index (χ1n) is 17.1. The van der Waals surface area contributed by atoms with E-state index in [1.165, 1.54) is 0 Å². The molecule has 2 aliphatic rings. The SMILES string of the molecule is CCC(/C=C1\Oc2ccc(-c3ccccc3)cc2N1CCCCCC(=O)O)=C\C1Oc2ccc(-c3ccccc3)cc2[NH+]1CCCS(=O)(=O)[O-]. The number of ether oxygens (including phenoxy) is 2. The van der Waals surface area contributed by atoms with Gasteiger partial charge in [0.25, 0.3) is 6.23 Å². The van der Waals surface area contributed by atoms with Crippen LogP contribution in [0.3, 0.4) is 0 Å². The molecule has 0 aliphatic carbocycles. The van der Waals surface area contributed by atoms with E-state index >= 15 is 0 Å². The predicted molar refractivity (Wildman–Crippen MR) is 193 cm³/mol. The average molecular weight is 695 g/mol.